The lowest BCUT2D eigenvalue weighted by molar-refractivity contribution is 0.411. The third kappa shape index (κ3) is 3.92. The average molecular weight is 207 g/mol. The molecule has 0 aromatic heterocycles. The van der Waals surface area contributed by atoms with Crippen LogP contribution in [0.3, 0.4) is 0 Å². The number of nitrogens with one attached hydrogen (secondary N) is 1. The van der Waals surface area contributed by atoms with Crippen LogP contribution in [0.2, 0.25) is 0 Å². The van der Waals surface area contributed by atoms with Crippen LogP contribution in [-0.4, -0.2) is 20.2 Å². The summed E-state index contributed by atoms with van der Waals surface area (Å²) in [5.74, 6) is 0.972. The van der Waals surface area contributed by atoms with Crippen LogP contribution >= 0.6 is 0 Å². The molecule has 1 aromatic rings. The van der Waals surface area contributed by atoms with Gasteiger partial charge in [-0.25, -0.2) is 0 Å². The van der Waals surface area contributed by atoms with Crippen molar-refractivity contribution in [3.05, 3.63) is 29.3 Å². The normalized spacial score (nSPS) is 10.3. The average Bonchev–Trinajstić information content (AvgIpc) is 2.25. The molecule has 84 valence electrons. The van der Waals surface area contributed by atoms with Crippen molar-refractivity contribution >= 4 is 0 Å². The summed E-state index contributed by atoms with van der Waals surface area (Å²) in [6.07, 6.45) is 2.28. The number of aryl methyl sites for hydroxylation is 1. The molecule has 1 rings (SSSR count). The minimum absolute atomic E-state index is 0.972. The number of methoxy groups -OCH3 is 1. The largest absolute Gasteiger partial charge is 0.496 e. The van der Waals surface area contributed by atoms with Crippen molar-refractivity contribution in [2.75, 3.05) is 20.2 Å². The van der Waals surface area contributed by atoms with Gasteiger partial charge in [-0.05, 0) is 50.0 Å². The number of hydrogen-bond donors (Lipinski definition) is 1. The zero-order chi connectivity index (χ0) is 11.1. The zero-order valence-corrected chi connectivity index (χ0v) is 9.97. The molecule has 0 bridgehead atoms. The van der Waals surface area contributed by atoms with E-state index in [1.807, 2.05) is 6.07 Å². The van der Waals surface area contributed by atoms with Crippen molar-refractivity contribution in [3.8, 4) is 5.75 Å². The third-order valence-electron chi connectivity index (χ3n) is 2.48. The summed E-state index contributed by atoms with van der Waals surface area (Å²) in [5.41, 5.74) is 2.59. The van der Waals surface area contributed by atoms with E-state index < -0.39 is 0 Å². The van der Waals surface area contributed by atoms with Crippen LogP contribution in [0.15, 0.2) is 18.2 Å². The van der Waals surface area contributed by atoms with Gasteiger partial charge < -0.3 is 10.1 Å². The molecule has 1 aromatic carbocycles. The predicted octanol–water partition coefficient (Wildman–Crippen LogP) is 2.55. The maximum Gasteiger partial charge on any atom is 0.121 e. The molecule has 0 radical (unpaired) electrons. The first-order chi connectivity index (χ1) is 7.27. The summed E-state index contributed by atoms with van der Waals surface area (Å²) in [6.45, 7) is 6.43. The Morgan fingerprint density at radius 1 is 1.27 bits per heavy atom. The molecule has 0 saturated heterocycles. The Hall–Kier alpha value is -1.02. The lowest BCUT2D eigenvalue weighted by Crippen LogP contribution is -2.17. The first kappa shape index (κ1) is 12.1. The summed E-state index contributed by atoms with van der Waals surface area (Å²) in [4.78, 5) is 0. The monoisotopic (exact) mass is 207 g/mol. The standard InChI is InChI=1S/C13H21NO/c1-4-8-14-9-7-12-5-6-13(15-3)11(2)10-12/h5-6,10,14H,4,7-9H2,1-3H3. The van der Waals surface area contributed by atoms with E-state index in [-0.39, 0.29) is 0 Å². The molecule has 0 unspecified atom stereocenters. The van der Waals surface area contributed by atoms with Crippen molar-refractivity contribution in [3.63, 3.8) is 0 Å². The van der Waals surface area contributed by atoms with Crippen molar-refractivity contribution in [2.45, 2.75) is 26.7 Å². The Bertz CT molecular complexity index is 297. The van der Waals surface area contributed by atoms with Crippen molar-refractivity contribution < 1.29 is 4.74 Å². The second-order valence-electron chi connectivity index (χ2n) is 3.80. The Morgan fingerprint density at radius 3 is 2.67 bits per heavy atom. The molecule has 0 aliphatic rings. The molecule has 0 atom stereocenters. The molecule has 0 heterocycles. The molecular formula is C13H21NO. The Kier molecular flexibility index (Phi) is 5.19. The van der Waals surface area contributed by atoms with Crippen LogP contribution in [0, 0.1) is 6.92 Å². The Morgan fingerprint density at radius 2 is 2.07 bits per heavy atom. The van der Waals surface area contributed by atoms with Gasteiger partial charge in [0.1, 0.15) is 5.75 Å². The lowest BCUT2D eigenvalue weighted by Gasteiger charge is -2.07. The van der Waals surface area contributed by atoms with Crippen LogP contribution in [0.1, 0.15) is 24.5 Å². The van der Waals surface area contributed by atoms with Gasteiger partial charge in [-0.1, -0.05) is 19.1 Å². The van der Waals surface area contributed by atoms with E-state index in [0.29, 0.717) is 0 Å². The highest BCUT2D eigenvalue weighted by Gasteiger charge is 1.99. The zero-order valence-electron chi connectivity index (χ0n) is 9.97. The van der Waals surface area contributed by atoms with Crippen molar-refractivity contribution in [2.24, 2.45) is 0 Å². The second kappa shape index (κ2) is 6.46. The van der Waals surface area contributed by atoms with E-state index in [4.69, 9.17) is 4.74 Å². The molecule has 0 saturated carbocycles. The van der Waals surface area contributed by atoms with Crippen molar-refractivity contribution in [1.29, 1.82) is 0 Å². The summed E-state index contributed by atoms with van der Waals surface area (Å²) >= 11 is 0. The number of hydrogen-bond acceptors (Lipinski definition) is 2. The van der Waals surface area contributed by atoms with Crippen LogP contribution < -0.4 is 10.1 Å². The molecule has 2 nitrogen and oxygen atoms in total. The predicted molar refractivity (Wildman–Crippen MR) is 64.6 cm³/mol. The fourth-order valence-corrected chi connectivity index (χ4v) is 1.63. The van der Waals surface area contributed by atoms with Crippen LogP contribution in [-0.2, 0) is 6.42 Å². The number of benzene rings is 1. The molecule has 0 fully saturated rings. The van der Waals surface area contributed by atoms with Crippen LogP contribution in [0.25, 0.3) is 0 Å². The minimum Gasteiger partial charge on any atom is -0.496 e. The quantitative estimate of drug-likeness (QED) is 0.724. The third-order valence-corrected chi connectivity index (χ3v) is 2.48. The molecular weight excluding hydrogens is 186 g/mol. The van der Waals surface area contributed by atoms with Gasteiger partial charge in [-0.2, -0.15) is 0 Å². The Labute approximate surface area is 92.6 Å². The SMILES string of the molecule is CCCNCCc1ccc(OC)c(C)c1. The summed E-state index contributed by atoms with van der Waals surface area (Å²) in [6, 6.07) is 6.39. The van der Waals surface area contributed by atoms with Gasteiger partial charge in [0.2, 0.25) is 0 Å². The van der Waals surface area contributed by atoms with E-state index >= 15 is 0 Å². The first-order valence-corrected chi connectivity index (χ1v) is 5.62. The van der Waals surface area contributed by atoms with E-state index in [2.05, 4.69) is 31.3 Å². The van der Waals surface area contributed by atoms with E-state index in [1.165, 1.54) is 17.5 Å². The summed E-state index contributed by atoms with van der Waals surface area (Å²) < 4.78 is 5.23. The molecule has 0 aliphatic carbocycles. The van der Waals surface area contributed by atoms with E-state index in [0.717, 1.165) is 25.3 Å². The molecule has 1 N–H and O–H groups in total. The highest BCUT2D eigenvalue weighted by atomic mass is 16.5. The first-order valence-electron chi connectivity index (χ1n) is 5.62. The highest BCUT2D eigenvalue weighted by Crippen LogP contribution is 2.18. The maximum absolute atomic E-state index is 5.23. The van der Waals surface area contributed by atoms with Gasteiger partial charge >= 0.3 is 0 Å². The van der Waals surface area contributed by atoms with Gasteiger partial charge in [0.05, 0.1) is 7.11 Å². The fraction of sp³-hybridized carbons (Fsp3) is 0.538. The Balaban J connectivity index is 2.45. The maximum atomic E-state index is 5.23. The topological polar surface area (TPSA) is 21.3 Å². The molecule has 2 heteroatoms. The second-order valence-corrected chi connectivity index (χ2v) is 3.80. The van der Waals surface area contributed by atoms with Crippen molar-refractivity contribution in [1.82, 2.24) is 5.32 Å². The van der Waals surface area contributed by atoms with Gasteiger partial charge in [0.15, 0.2) is 0 Å². The molecule has 0 aliphatic heterocycles. The van der Waals surface area contributed by atoms with E-state index in [1.54, 1.807) is 7.11 Å². The van der Waals surface area contributed by atoms with Gasteiger partial charge in [-0.15, -0.1) is 0 Å². The molecule has 15 heavy (non-hydrogen) atoms. The van der Waals surface area contributed by atoms with E-state index in [9.17, 15) is 0 Å². The highest BCUT2D eigenvalue weighted by molar-refractivity contribution is 5.36. The minimum atomic E-state index is 0.972. The fourth-order valence-electron chi connectivity index (χ4n) is 1.63. The van der Waals surface area contributed by atoms with Gasteiger partial charge in [-0.3, -0.25) is 0 Å². The number of ether oxygens (including phenoxy) is 1. The molecule has 0 amide bonds. The van der Waals surface area contributed by atoms with Gasteiger partial charge in [0.25, 0.3) is 0 Å². The lowest BCUT2D eigenvalue weighted by atomic mass is 10.1. The number of rotatable bonds is 6. The van der Waals surface area contributed by atoms with Gasteiger partial charge in [0, 0.05) is 0 Å². The van der Waals surface area contributed by atoms with Crippen LogP contribution in [0.4, 0.5) is 0 Å². The molecule has 0 spiro atoms. The summed E-state index contributed by atoms with van der Waals surface area (Å²) in [7, 11) is 1.71. The smallest absolute Gasteiger partial charge is 0.121 e. The van der Waals surface area contributed by atoms with Crippen LogP contribution in [0.5, 0.6) is 5.75 Å². The summed E-state index contributed by atoms with van der Waals surface area (Å²) in [5, 5.41) is 3.40.